The number of halogens is 1. The highest BCUT2D eigenvalue weighted by Gasteiger charge is 2.31. The van der Waals surface area contributed by atoms with Crippen molar-refractivity contribution in [3.8, 4) is 6.07 Å². The Labute approximate surface area is 115 Å². The maximum atomic E-state index is 13.7. The summed E-state index contributed by atoms with van der Waals surface area (Å²) in [6.07, 6.45) is 0. The van der Waals surface area contributed by atoms with Gasteiger partial charge in [0.2, 0.25) is 10.0 Å². The van der Waals surface area contributed by atoms with Crippen LogP contribution < -0.4 is 0 Å². The van der Waals surface area contributed by atoms with E-state index in [1.807, 2.05) is 0 Å². The normalized spacial score (nSPS) is 11.6. The third-order valence-electron chi connectivity index (χ3n) is 2.51. The summed E-state index contributed by atoms with van der Waals surface area (Å²) in [5.41, 5.74) is -0.536. The van der Waals surface area contributed by atoms with Gasteiger partial charge >= 0.3 is 0 Å². The molecular formula is C11H12FN3O4S. The summed E-state index contributed by atoms with van der Waals surface area (Å²) in [7, 11) is -4.32. The van der Waals surface area contributed by atoms with Crippen LogP contribution in [0.25, 0.3) is 0 Å². The van der Waals surface area contributed by atoms with Crippen LogP contribution in [0.3, 0.4) is 0 Å². The van der Waals surface area contributed by atoms with Crippen molar-refractivity contribution in [1.82, 2.24) is 4.31 Å². The number of nitrogens with zero attached hydrogens (tertiary/aromatic N) is 3. The fourth-order valence-electron chi connectivity index (χ4n) is 1.54. The molecule has 9 heteroatoms. The van der Waals surface area contributed by atoms with Crippen LogP contribution in [-0.4, -0.2) is 30.2 Å². The van der Waals surface area contributed by atoms with E-state index in [4.69, 9.17) is 5.26 Å². The fraction of sp³-hybridized carbons (Fsp3) is 0.364. The van der Waals surface area contributed by atoms with E-state index in [0.717, 1.165) is 16.4 Å². The summed E-state index contributed by atoms with van der Waals surface area (Å²) in [6, 6.07) is 3.33. The van der Waals surface area contributed by atoms with Crippen molar-refractivity contribution in [3.63, 3.8) is 0 Å². The minimum Gasteiger partial charge on any atom is -0.258 e. The van der Waals surface area contributed by atoms with Crippen molar-refractivity contribution in [2.75, 3.05) is 6.54 Å². The quantitative estimate of drug-likeness (QED) is 0.467. The standard InChI is InChI=1S/C11H12FN3O4S/c1-8(2)14(6-5-13)20(18,19)11-7-9(15(16)17)3-4-10(11)12/h3-4,7-8H,6H2,1-2H3. The van der Waals surface area contributed by atoms with Crippen molar-refractivity contribution in [2.24, 2.45) is 0 Å². The molecule has 0 saturated carbocycles. The zero-order chi connectivity index (χ0) is 15.5. The van der Waals surface area contributed by atoms with Gasteiger partial charge in [0.1, 0.15) is 17.3 Å². The molecule has 0 aromatic heterocycles. The van der Waals surface area contributed by atoms with Crippen molar-refractivity contribution in [3.05, 3.63) is 34.1 Å². The van der Waals surface area contributed by atoms with E-state index in [-0.39, 0.29) is 0 Å². The zero-order valence-corrected chi connectivity index (χ0v) is 11.6. The van der Waals surface area contributed by atoms with E-state index < -0.39 is 43.9 Å². The third-order valence-corrected chi connectivity index (χ3v) is 4.55. The first-order chi connectivity index (χ1) is 9.21. The minimum atomic E-state index is -4.32. The topological polar surface area (TPSA) is 104 Å². The number of non-ortho nitro benzene ring substituents is 1. The molecule has 20 heavy (non-hydrogen) atoms. The van der Waals surface area contributed by atoms with Gasteiger partial charge in [0.05, 0.1) is 11.0 Å². The van der Waals surface area contributed by atoms with Gasteiger partial charge in [-0.1, -0.05) is 0 Å². The number of rotatable bonds is 5. The monoisotopic (exact) mass is 301 g/mol. The molecule has 0 radical (unpaired) electrons. The molecule has 0 aliphatic heterocycles. The average Bonchev–Trinajstić information content (AvgIpc) is 2.35. The molecule has 0 bridgehead atoms. The molecule has 0 aliphatic carbocycles. The molecule has 0 N–H and O–H groups in total. The fourth-order valence-corrected chi connectivity index (χ4v) is 3.16. The molecular weight excluding hydrogens is 289 g/mol. The zero-order valence-electron chi connectivity index (χ0n) is 10.8. The lowest BCUT2D eigenvalue weighted by molar-refractivity contribution is -0.385. The van der Waals surface area contributed by atoms with Crippen molar-refractivity contribution < 1.29 is 17.7 Å². The highest BCUT2D eigenvalue weighted by molar-refractivity contribution is 7.89. The Kier molecular flexibility index (Phi) is 4.75. The number of hydrogen-bond donors (Lipinski definition) is 0. The van der Waals surface area contributed by atoms with Crippen LogP contribution in [-0.2, 0) is 10.0 Å². The van der Waals surface area contributed by atoms with E-state index >= 15 is 0 Å². The highest BCUT2D eigenvalue weighted by Crippen LogP contribution is 2.25. The SMILES string of the molecule is CC(C)N(CC#N)S(=O)(=O)c1cc([N+](=O)[O-])ccc1F. The number of hydrogen-bond acceptors (Lipinski definition) is 5. The smallest absolute Gasteiger partial charge is 0.258 e. The van der Waals surface area contributed by atoms with E-state index in [0.29, 0.717) is 6.07 Å². The summed E-state index contributed by atoms with van der Waals surface area (Å²) >= 11 is 0. The first-order valence-electron chi connectivity index (χ1n) is 5.54. The summed E-state index contributed by atoms with van der Waals surface area (Å²) in [5, 5.41) is 19.3. The van der Waals surface area contributed by atoms with Crippen LogP contribution in [0.2, 0.25) is 0 Å². The highest BCUT2D eigenvalue weighted by atomic mass is 32.2. The van der Waals surface area contributed by atoms with E-state index in [9.17, 15) is 22.9 Å². The van der Waals surface area contributed by atoms with Gasteiger partial charge < -0.3 is 0 Å². The molecule has 1 aromatic rings. The van der Waals surface area contributed by atoms with Crippen LogP contribution in [0.4, 0.5) is 10.1 Å². The third kappa shape index (κ3) is 3.09. The molecule has 0 fully saturated rings. The lowest BCUT2D eigenvalue weighted by Crippen LogP contribution is -2.37. The molecule has 1 aromatic carbocycles. The van der Waals surface area contributed by atoms with E-state index in [1.54, 1.807) is 6.07 Å². The van der Waals surface area contributed by atoms with Crippen LogP contribution in [0.5, 0.6) is 0 Å². The molecule has 1 rings (SSSR count). The van der Waals surface area contributed by atoms with Crippen LogP contribution >= 0.6 is 0 Å². The maximum absolute atomic E-state index is 13.7. The van der Waals surface area contributed by atoms with Gasteiger partial charge in [-0.2, -0.15) is 9.57 Å². The van der Waals surface area contributed by atoms with Crippen molar-refractivity contribution in [1.29, 1.82) is 5.26 Å². The number of benzene rings is 1. The molecule has 0 spiro atoms. The van der Waals surface area contributed by atoms with E-state index in [1.165, 1.54) is 13.8 Å². The predicted octanol–water partition coefficient (Wildman–Crippen LogP) is 1.66. The molecule has 0 amide bonds. The second-order valence-electron chi connectivity index (χ2n) is 4.17. The second-order valence-corrected chi connectivity index (χ2v) is 6.03. The molecule has 7 nitrogen and oxygen atoms in total. The molecule has 0 aliphatic rings. The first kappa shape index (κ1) is 16.0. The molecule has 0 saturated heterocycles. The minimum absolute atomic E-state index is 0.470. The molecule has 0 unspecified atom stereocenters. The molecule has 108 valence electrons. The Morgan fingerprint density at radius 3 is 2.55 bits per heavy atom. The predicted molar refractivity (Wildman–Crippen MR) is 67.7 cm³/mol. The van der Waals surface area contributed by atoms with Crippen LogP contribution in [0.1, 0.15) is 13.8 Å². The number of nitro groups is 1. The Morgan fingerprint density at radius 1 is 1.50 bits per heavy atom. The van der Waals surface area contributed by atoms with Gasteiger partial charge in [0.15, 0.2) is 0 Å². The average molecular weight is 301 g/mol. The van der Waals surface area contributed by atoms with Gasteiger partial charge in [0, 0.05) is 18.2 Å². The van der Waals surface area contributed by atoms with Gasteiger partial charge in [-0.25, -0.2) is 12.8 Å². The Morgan fingerprint density at radius 2 is 2.10 bits per heavy atom. The Hall–Kier alpha value is -2.05. The van der Waals surface area contributed by atoms with Gasteiger partial charge in [-0.15, -0.1) is 0 Å². The lowest BCUT2D eigenvalue weighted by Gasteiger charge is -2.23. The summed E-state index contributed by atoms with van der Waals surface area (Å²) in [4.78, 5) is 9.02. The number of nitriles is 1. The summed E-state index contributed by atoms with van der Waals surface area (Å²) in [5.74, 6) is -1.10. The molecule has 0 atom stereocenters. The van der Waals surface area contributed by atoms with Crippen LogP contribution in [0, 0.1) is 27.3 Å². The largest absolute Gasteiger partial charge is 0.270 e. The molecule has 0 heterocycles. The van der Waals surface area contributed by atoms with Crippen molar-refractivity contribution >= 4 is 15.7 Å². The van der Waals surface area contributed by atoms with E-state index in [2.05, 4.69) is 0 Å². The number of nitro benzene ring substituents is 1. The van der Waals surface area contributed by atoms with Gasteiger partial charge in [0.25, 0.3) is 5.69 Å². The Balaban J connectivity index is 3.45. The summed E-state index contributed by atoms with van der Waals surface area (Å²) < 4.78 is 39.0. The first-order valence-corrected chi connectivity index (χ1v) is 6.98. The maximum Gasteiger partial charge on any atom is 0.270 e. The number of sulfonamides is 1. The van der Waals surface area contributed by atoms with Crippen LogP contribution in [0.15, 0.2) is 23.1 Å². The lowest BCUT2D eigenvalue weighted by atomic mass is 10.3. The van der Waals surface area contributed by atoms with Gasteiger partial charge in [-0.3, -0.25) is 10.1 Å². The second kappa shape index (κ2) is 5.94. The Bertz CT molecular complexity index is 667. The van der Waals surface area contributed by atoms with Gasteiger partial charge in [-0.05, 0) is 19.9 Å². The summed E-state index contributed by atoms with van der Waals surface area (Å²) in [6.45, 7) is 2.57. The van der Waals surface area contributed by atoms with Crippen molar-refractivity contribution in [2.45, 2.75) is 24.8 Å².